The third kappa shape index (κ3) is 4.29. The van der Waals surface area contributed by atoms with Gasteiger partial charge in [0.05, 0.1) is 10.8 Å². The van der Waals surface area contributed by atoms with Crippen LogP contribution in [0.1, 0.15) is 19.4 Å². The van der Waals surface area contributed by atoms with E-state index in [1.807, 2.05) is 0 Å². The first kappa shape index (κ1) is 17.1. The van der Waals surface area contributed by atoms with Crippen LogP contribution in [-0.2, 0) is 14.8 Å². The Balaban J connectivity index is 2.89. The maximum absolute atomic E-state index is 12.1. The number of sulfonamides is 1. The molecule has 0 aliphatic rings. The minimum atomic E-state index is -3.70. The molecule has 0 aliphatic carbocycles. The SMILES string of the molecule is Cc1cc(S(=O)(=O)NCC(C(=O)O)C(C)C)ccc1Br. The van der Waals surface area contributed by atoms with Crippen LogP contribution >= 0.6 is 15.9 Å². The molecule has 0 saturated carbocycles. The molecule has 5 nitrogen and oxygen atoms in total. The number of carbonyl (C=O) groups is 1. The van der Waals surface area contributed by atoms with Gasteiger partial charge in [0, 0.05) is 11.0 Å². The number of aryl methyl sites for hydroxylation is 1. The highest BCUT2D eigenvalue weighted by atomic mass is 79.9. The summed E-state index contributed by atoms with van der Waals surface area (Å²) in [7, 11) is -3.70. The van der Waals surface area contributed by atoms with Crippen LogP contribution in [0, 0.1) is 18.8 Å². The van der Waals surface area contributed by atoms with Crippen molar-refractivity contribution in [2.45, 2.75) is 25.7 Å². The van der Waals surface area contributed by atoms with Crippen LogP contribution < -0.4 is 4.72 Å². The smallest absolute Gasteiger partial charge is 0.308 e. The van der Waals surface area contributed by atoms with Crippen LogP contribution in [0.25, 0.3) is 0 Å². The zero-order valence-electron chi connectivity index (χ0n) is 11.6. The van der Waals surface area contributed by atoms with E-state index in [1.165, 1.54) is 12.1 Å². The number of halogens is 1. The second kappa shape index (κ2) is 6.69. The van der Waals surface area contributed by atoms with E-state index in [9.17, 15) is 13.2 Å². The number of nitrogens with one attached hydrogen (secondary N) is 1. The Kier molecular flexibility index (Phi) is 5.73. The minimum Gasteiger partial charge on any atom is -0.481 e. The van der Waals surface area contributed by atoms with E-state index in [2.05, 4.69) is 20.7 Å². The molecule has 0 bridgehead atoms. The maximum atomic E-state index is 12.1. The van der Waals surface area contributed by atoms with Crippen molar-refractivity contribution in [3.8, 4) is 0 Å². The van der Waals surface area contributed by atoms with E-state index in [0.29, 0.717) is 0 Å². The highest BCUT2D eigenvalue weighted by Crippen LogP contribution is 2.20. The van der Waals surface area contributed by atoms with E-state index in [1.54, 1.807) is 26.8 Å². The molecule has 0 spiro atoms. The summed E-state index contributed by atoms with van der Waals surface area (Å²) in [5.74, 6) is -1.90. The lowest BCUT2D eigenvalue weighted by molar-refractivity contribution is -0.142. The zero-order chi connectivity index (χ0) is 15.5. The van der Waals surface area contributed by atoms with E-state index in [0.717, 1.165) is 10.0 Å². The Hall–Kier alpha value is -0.920. The van der Waals surface area contributed by atoms with Gasteiger partial charge in [-0.3, -0.25) is 4.79 Å². The standard InChI is InChI=1S/C13H18BrNO4S/c1-8(2)11(13(16)17)7-15-20(18,19)10-4-5-12(14)9(3)6-10/h4-6,8,11,15H,7H2,1-3H3,(H,16,17). The Morgan fingerprint density at radius 2 is 2.00 bits per heavy atom. The summed E-state index contributed by atoms with van der Waals surface area (Å²) in [5, 5.41) is 9.05. The molecular weight excluding hydrogens is 346 g/mol. The summed E-state index contributed by atoms with van der Waals surface area (Å²) in [6.45, 7) is 5.16. The number of hydrogen-bond donors (Lipinski definition) is 2. The van der Waals surface area contributed by atoms with Crippen LogP contribution in [0.3, 0.4) is 0 Å². The van der Waals surface area contributed by atoms with Crippen LogP contribution in [0.15, 0.2) is 27.6 Å². The largest absolute Gasteiger partial charge is 0.481 e. The van der Waals surface area contributed by atoms with E-state index < -0.39 is 21.9 Å². The second-order valence-electron chi connectivity index (χ2n) is 4.95. The Morgan fingerprint density at radius 3 is 2.45 bits per heavy atom. The van der Waals surface area contributed by atoms with Crippen molar-refractivity contribution in [3.63, 3.8) is 0 Å². The number of benzene rings is 1. The zero-order valence-corrected chi connectivity index (χ0v) is 14.0. The third-order valence-electron chi connectivity index (χ3n) is 3.05. The molecule has 1 aromatic carbocycles. The molecule has 0 amide bonds. The first-order valence-corrected chi connectivity index (χ1v) is 8.41. The summed E-state index contributed by atoms with van der Waals surface area (Å²) in [6, 6.07) is 4.67. The quantitative estimate of drug-likeness (QED) is 0.812. The summed E-state index contributed by atoms with van der Waals surface area (Å²) < 4.78 is 27.4. The van der Waals surface area contributed by atoms with Gasteiger partial charge in [0.2, 0.25) is 10.0 Å². The predicted molar refractivity (Wildman–Crippen MR) is 80.0 cm³/mol. The number of hydrogen-bond acceptors (Lipinski definition) is 3. The molecule has 1 aromatic rings. The van der Waals surface area contributed by atoms with Crippen LogP contribution in [0.5, 0.6) is 0 Å². The van der Waals surface area contributed by atoms with Crippen LogP contribution in [0.4, 0.5) is 0 Å². The minimum absolute atomic E-state index is 0.121. The fourth-order valence-electron chi connectivity index (χ4n) is 1.68. The summed E-state index contributed by atoms with van der Waals surface area (Å²) in [5.41, 5.74) is 0.798. The summed E-state index contributed by atoms with van der Waals surface area (Å²) in [6.07, 6.45) is 0. The van der Waals surface area contributed by atoms with Gasteiger partial charge in [0.25, 0.3) is 0 Å². The lowest BCUT2D eigenvalue weighted by atomic mass is 9.97. The fourth-order valence-corrected chi connectivity index (χ4v) is 3.07. The van der Waals surface area contributed by atoms with E-state index in [-0.39, 0.29) is 17.4 Å². The molecule has 2 N–H and O–H groups in total. The van der Waals surface area contributed by atoms with Crippen molar-refractivity contribution in [2.24, 2.45) is 11.8 Å². The Morgan fingerprint density at radius 1 is 1.40 bits per heavy atom. The van der Waals surface area contributed by atoms with Gasteiger partial charge in [-0.25, -0.2) is 13.1 Å². The van der Waals surface area contributed by atoms with Gasteiger partial charge >= 0.3 is 5.97 Å². The van der Waals surface area contributed by atoms with Crippen molar-refractivity contribution in [3.05, 3.63) is 28.2 Å². The Bertz CT molecular complexity index is 598. The van der Waals surface area contributed by atoms with Crippen molar-refractivity contribution in [1.29, 1.82) is 0 Å². The number of carboxylic acid groups (broad SMARTS) is 1. The van der Waals surface area contributed by atoms with Crippen molar-refractivity contribution < 1.29 is 18.3 Å². The number of carboxylic acids is 1. The average molecular weight is 364 g/mol. The van der Waals surface area contributed by atoms with Gasteiger partial charge in [-0.2, -0.15) is 0 Å². The summed E-state index contributed by atoms with van der Waals surface area (Å²) in [4.78, 5) is 11.2. The Labute approximate surface area is 127 Å². The summed E-state index contributed by atoms with van der Waals surface area (Å²) >= 11 is 3.30. The highest BCUT2D eigenvalue weighted by molar-refractivity contribution is 9.10. The highest BCUT2D eigenvalue weighted by Gasteiger charge is 2.24. The molecule has 0 aromatic heterocycles. The normalized spacial score (nSPS) is 13.4. The van der Waals surface area contributed by atoms with Crippen LogP contribution in [-0.4, -0.2) is 26.0 Å². The van der Waals surface area contributed by atoms with Gasteiger partial charge in [-0.1, -0.05) is 29.8 Å². The molecule has 1 unspecified atom stereocenters. The lowest BCUT2D eigenvalue weighted by Crippen LogP contribution is -2.35. The van der Waals surface area contributed by atoms with Crippen molar-refractivity contribution in [1.82, 2.24) is 4.72 Å². The van der Waals surface area contributed by atoms with Crippen LogP contribution in [0.2, 0.25) is 0 Å². The molecule has 20 heavy (non-hydrogen) atoms. The molecule has 7 heteroatoms. The van der Waals surface area contributed by atoms with Gasteiger partial charge in [-0.05, 0) is 36.6 Å². The van der Waals surface area contributed by atoms with Gasteiger partial charge in [0.15, 0.2) is 0 Å². The topological polar surface area (TPSA) is 83.5 Å². The molecule has 0 heterocycles. The first-order chi connectivity index (χ1) is 9.15. The predicted octanol–water partition coefficient (Wildman–Crippen LogP) is 2.39. The fraction of sp³-hybridized carbons (Fsp3) is 0.462. The van der Waals surface area contributed by atoms with E-state index in [4.69, 9.17) is 5.11 Å². The lowest BCUT2D eigenvalue weighted by Gasteiger charge is -2.17. The number of aliphatic carboxylic acids is 1. The number of rotatable bonds is 6. The molecule has 0 radical (unpaired) electrons. The average Bonchev–Trinajstić information content (AvgIpc) is 2.31. The van der Waals surface area contributed by atoms with Gasteiger partial charge in [0.1, 0.15) is 0 Å². The third-order valence-corrected chi connectivity index (χ3v) is 5.37. The molecule has 1 rings (SSSR count). The molecule has 0 saturated heterocycles. The second-order valence-corrected chi connectivity index (χ2v) is 7.57. The molecule has 0 fully saturated rings. The molecular formula is C13H18BrNO4S. The monoisotopic (exact) mass is 363 g/mol. The van der Waals surface area contributed by atoms with E-state index >= 15 is 0 Å². The maximum Gasteiger partial charge on any atom is 0.308 e. The van der Waals surface area contributed by atoms with Gasteiger partial charge in [-0.15, -0.1) is 0 Å². The van der Waals surface area contributed by atoms with Crippen molar-refractivity contribution >= 4 is 31.9 Å². The molecule has 0 aliphatic heterocycles. The van der Waals surface area contributed by atoms with Gasteiger partial charge < -0.3 is 5.11 Å². The molecule has 112 valence electrons. The van der Waals surface area contributed by atoms with Crippen molar-refractivity contribution in [2.75, 3.05) is 6.54 Å². The first-order valence-electron chi connectivity index (χ1n) is 6.13. The molecule has 1 atom stereocenters.